The van der Waals surface area contributed by atoms with Crippen molar-refractivity contribution in [2.24, 2.45) is 10.4 Å². The molecule has 2 heterocycles. The molecule has 0 radical (unpaired) electrons. The zero-order valence-corrected chi connectivity index (χ0v) is 20.4. The smallest absolute Gasteiger partial charge is 0.311 e. The Labute approximate surface area is 193 Å². The molecule has 1 fully saturated rings. The van der Waals surface area contributed by atoms with E-state index in [-0.39, 0.29) is 23.2 Å². The molecule has 0 amide bonds. The summed E-state index contributed by atoms with van der Waals surface area (Å²) in [7, 11) is 1.95. The fraction of sp³-hybridized carbons (Fsp3) is 0.652. The third-order valence-electron chi connectivity index (χ3n) is 6.41. The number of aliphatic hydroxyl groups excluding tert-OH is 1. The molecule has 1 aromatic rings. The van der Waals surface area contributed by atoms with Crippen LogP contribution in [0.1, 0.15) is 51.2 Å². The number of aromatic hydroxyl groups is 1. The van der Waals surface area contributed by atoms with Crippen LogP contribution in [0.4, 0.5) is 0 Å². The number of aryl methyl sites for hydroxylation is 1. The summed E-state index contributed by atoms with van der Waals surface area (Å²) >= 11 is 3.40. The molecule has 8 heteroatoms. The molecular weight excluding hydrogens is 432 g/mol. The fourth-order valence-corrected chi connectivity index (χ4v) is 7.08. The molecule has 1 saturated heterocycles. The Morgan fingerprint density at radius 1 is 1.32 bits per heavy atom. The third kappa shape index (κ3) is 5.07. The van der Waals surface area contributed by atoms with Crippen molar-refractivity contribution in [1.29, 1.82) is 0 Å². The van der Waals surface area contributed by atoms with Crippen LogP contribution in [0, 0.1) is 5.41 Å². The summed E-state index contributed by atoms with van der Waals surface area (Å²) in [5.41, 5.74) is 0.792. The molecular formula is C23H34N2O4S2. The van der Waals surface area contributed by atoms with E-state index in [0.717, 1.165) is 47.6 Å². The summed E-state index contributed by atoms with van der Waals surface area (Å²) in [6.07, 6.45) is 3.38. The largest absolute Gasteiger partial charge is 0.507 e. The van der Waals surface area contributed by atoms with Crippen molar-refractivity contribution < 1.29 is 20.1 Å². The van der Waals surface area contributed by atoms with Crippen molar-refractivity contribution in [3.8, 4) is 5.75 Å². The lowest BCUT2D eigenvalue weighted by Crippen LogP contribution is -2.52. The van der Waals surface area contributed by atoms with Crippen LogP contribution in [0.3, 0.4) is 0 Å². The maximum absolute atomic E-state index is 11.6. The number of unbranched alkanes of at least 4 members (excludes halogenated alkanes) is 2. The Bertz CT molecular complexity index is 830. The van der Waals surface area contributed by atoms with Gasteiger partial charge in [0, 0.05) is 17.5 Å². The molecule has 3 rings (SSSR count). The van der Waals surface area contributed by atoms with Gasteiger partial charge in [-0.2, -0.15) is 0 Å². The van der Waals surface area contributed by atoms with E-state index in [4.69, 9.17) is 4.99 Å². The van der Waals surface area contributed by atoms with Gasteiger partial charge < -0.3 is 15.3 Å². The SMILES string of the molecule is CCCCCc1cccc(O)c1C1=N[C@@H]([C@@H]2SC[C@H]([C@@H](O)C(C)(C)C(=O)O)N2C)CS1. The first-order valence-electron chi connectivity index (χ1n) is 10.9. The first-order valence-corrected chi connectivity index (χ1v) is 13.0. The molecule has 3 N–H and O–H groups in total. The Balaban J connectivity index is 1.76. The topological polar surface area (TPSA) is 93.4 Å². The van der Waals surface area contributed by atoms with Crippen molar-refractivity contribution in [3.05, 3.63) is 29.3 Å². The van der Waals surface area contributed by atoms with Crippen LogP contribution < -0.4 is 0 Å². The van der Waals surface area contributed by atoms with Crippen molar-refractivity contribution in [3.63, 3.8) is 0 Å². The minimum atomic E-state index is -1.21. The second-order valence-electron chi connectivity index (χ2n) is 9.01. The van der Waals surface area contributed by atoms with Gasteiger partial charge in [-0.3, -0.25) is 14.7 Å². The van der Waals surface area contributed by atoms with E-state index < -0.39 is 17.5 Å². The van der Waals surface area contributed by atoms with Gasteiger partial charge in [0.2, 0.25) is 0 Å². The van der Waals surface area contributed by atoms with Gasteiger partial charge in [0.25, 0.3) is 0 Å². The van der Waals surface area contributed by atoms with Crippen LogP contribution in [0.2, 0.25) is 0 Å². The number of thioether (sulfide) groups is 2. The average molecular weight is 467 g/mol. The Hall–Kier alpha value is -1.22. The van der Waals surface area contributed by atoms with Crippen LogP contribution in [0.15, 0.2) is 23.2 Å². The second-order valence-corrected chi connectivity index (χ2v) is 11.2. The van der Waals surface area contributed by atoms with Crippen LogP contribution in [0.5, 0.6) is 5.75 Å². The predicted octanol–water partition coefficient (Wildman–Crippen LogP) is 3.83. The number of carboxylic acid groups (broad SMARTS) is 1. The maximum Gasteiger partial charge on any atom is 0.311 e. The number of phenols is 1. The standard InChI is InChI=1S/C23H34N2O4S2/c1-5-6-7-9-14-10-8-11-17(26)18(14)20-24-15(12-30-20)21-25(4)16(13-31-21)19(27)23(2,3)22(28)29/h8,10-11,15-16,19,21,26-27H,5-7,9,12-13H2,1-4H3,(H,28,29)/t15-,16-,19-,21+/m1/s1. The molecule has 172 valence electrons. The predicted molar refractivity (Wildman–Crippen MR) is 129 cm³/mol. The molecule has 0 spiro atoms. The number of nitrogens with zero attached hydrogens (tertiary/aromatic N) is 2. The van der Waals surface area contributed by atoms with E-state index in [1.54, 1.807) is 43.4 Å². The van der Waals surface area contributed by atoms with E-state index in [0.29, 0.717) is 5.75 Å². The van der Waals surface area contributed by atoms with Gasteiger partial charge in [-0.05, 0) is 45.4 Å². The highest BCUT2D eigenvalue weighted by Crippen LogP contribution is 2.41. The Kier molecular flexibility index (Phi) is 8.00. The first-order chi connectivity index (χ1) is 14.7. The van der Waals surface area contributed by atoms with E-state index in [2.05, 4.69) is 17.9 Å². The number of aliphatic hydroxyl groups is 1. The van der Waals surface area contributed by atoms with Gasteiger partial charge in [-0.25, -0.2) is 0 Å². The lowest BCUT2D eigenvalue weighted by atomic mass is 9.82. The average Bonchev–Trinajstić information content (AvgIpc) is 3.34. The molecule has 2 aliphatic rings. The van der Waals surface area contributed by atoms with Crippen LogP contribution in [-0.2, 0) is 11.2 Å². The number of benzene rings is 1. The zero-order valence-electron chi connectivity index (χ0n) is 18.7. The normalized spacial score (nSPS) is 25.6. The molecule has 0 aromatic heterocycles. The quantitative estimate of drug-likeness (QED) is 0.476. The van der Waals surface area contributed by atoms with Crippen LogP contribution >= 0.6 is 23.5 Å². The van der Waals surface area contributed by atoms with Gasteiger partial charge in [0.1, 0.15) is 10.8 Å². The van der Waals surface area contributed by atoms with Gasteiger partial charge >= 0.3 is 5.97 Å². The number of hydrogen-bond acceptors (Lipinski definition) is 7. The van der Waals surface area contributed by atoms with Gasteiger partial charge in [0.15, 0.2) is 0 Å². The summed E-state index contributed by atoms with van der Waals surface area (Å²) in [4.78, 5) is 18.7. The summed E-state index contributed by atoms with van der Waals surface area (Å²) in [5, 5.41) is 31.8. The number of aliphatic imine (C=N–C) groups is 1. The number of carboxylic acids is 1. The van der Waals surface area contributed by atoms with Crippen molar-refractivity contribution in [2.75, 3.05) is 18.6 Å². The lowest BCUT2D eigenvalue weighted by molar-refractivity contribution is -0.155. The summed E-state index contributed by atoms with van der Waals surface area (Å²) in [6, 6.07) is 5.50. The van der Waals surface area contributed by atoms with Gasteiger partial charge in [-0.15, -0.1) is 23.5 Å². The first kappa shape index (κ1) is 24.4. The third-order valence-corrected chi connectivity index (χ3v) is 9.03. The van der Waals surface area contributed by atoms with Gasteiger partial charge in [0.05, 0.1) is 28.5 Å². The van der Waals surface area contributed by atoms with E-state index in [9.17, 15) is 20.1 Å². The number of likely N-dealkylation sites (N-methyl/N-ethyl adjacent to an activating group) is 1. The summed E-state index contributed by atoms with van der Waals surface area (Å²) < 4.78 is 0. The molecule has 6 nitrogen and oxygen atoms in total. The van der Waals surface area contributed by atoms with E-state index >= 15 is 0 Å². The molecule has 0 aliphatic carbocycles. The highest BCUT2D eigenvalue weighted by atomic mass is 32.2. The highest BCUT2D eigenvalue weighted by molar-refractivity contribution is 8.14. The van der Waals surface area contributed by atoms with Gasteiger partial charge in [-0.1, -0.05) is 31.9 Å². The van der Waals surface area contributed by atoms with Crippen molar-refractivity contribution >= 4 is 34.5 Å². The van der Waals surface area contributed by atoms with Crippen LogP contribution in [-0.4, -0.2) is 73.3 Å². The van der Waals surface area contributed by atoms with Crippen molar-refractivity contribution in [1.82, 2.24) is 4.90 Å². The molecule has 0 bridgehead atoms. The van der Waals surface area contributed by atoms with Crippen LogP contribution in [0.25, 0.3) is 0 Å². The molecule has 4 atom stereocenters. The van der Waals surface area contributed by atoms with Crippen molar-refractivity contribution in [2.45, 2.75) is 70.0 Å². The fourth-order valence-electron chi connectivity index (χ4n) is 4.20. The molecule has 0 saturated carbocycles. The number of rotatable bonds is 9. The Morgan fingerprint density at radius 3 is 2.74 bits per heavy atom. The number of hydrogen-bond donors (Lipinski definition) is 3. The number of carbonyl (C=O) groups is 1. The minimum Gasteiger partial charge on any atom is -0.507 e. The molecule has 2 aliphatic heterocycles. The van der Waals surface area contributed by atoms with E-state index in [1.165, 1.54) is 0 Å². The monoisotopic (exact) mass is 466 g/mol. The molecule has 1 aromatic carbocycles. The molecule has 0 unspecified atom stereocenters. The number of aliphatic carboxylic acids is 1. The lowest BCUT2D eigenvalue weighted by Gasteiger charge is -2.35. The summed E-state index contributed by atoms with van der Waals surface area (Å²) in [5.74, 6) is 0.772. The second kappa shape index (κ2) is 10.1. The van der Waals surface area contributed by atoms with E-state index in [1.807, 2.05) is 13.1 Å². The highest BCUT2D eigenvalue weighted by Gasteiger charge is 2.48. The Morgan fingerprint density at radius 2 is 2.06 bits per heavy atom. The molecule has 31 heavy (non-hydrogen) atoms. The maximum atomic E-state index is 11.6. The summed E-state index contributed by atoms with van der Waals surface area (Å²) in [6.45, 7) is 5.33. The number of phenolic OH excluding ortho intramolecular Hbond substituents is 1. The zero-order chi connectivity index (χ0) is 22.8. The minimum absolute atomic E-state index is 0.0308.